The zero-order chi connectivity index (χ0) is 20.9. The molecule has 2 aromatic heterocycles. The summed E-state index contributed by atoms with van der Waals surface area (Å²) in [5.74, 6) is -0.323. The van der Waals surface area contributed by atoms with Crippen LogP contribution in [0.4, 0.5) is 4.39 Å². The average Bonchev–Trinajstić information content (AvgIpc) is 2.82. The van der Waals surface area contributed by atoms with Crippen molar-refractivity contribution in [1.29, 1.82) is 5.26 Å². The third-order valence-corrected chi connectivity index (χ3v) is 4.84. The predicted octanol–water partition coefficient (Wildman–Crippen LogP) is 4.49. The highest BCUT2D eigenvalue weighted by Crippen LogP contribution is 2.25. The van der Waals surface area contributed by atoms with Crippen LogP contribution in [0.15, 0.2) is 79.1 Å². The molecule has 0 saturated carbocycles. The maximum atomic E-state index is 13.1. The van der Waals surface area contributed by atoms with Gasteiger partial charge in [0.25, 0.3) is 5.91 Å². The monoisotopic (exact) mass is 396 g/mol. The Morgan fingerprint density at radius 2 is 1.80 bits per heavy atom. The van der Waals surface area contributed by atoms with Gasteiger partial charge in [-0.3, -0.25) is 14.8 Å². The molecular weight excluding hydrogens is 379 g/mol. The Morgan fingerprint density at radius 1 is 1.03 bits per heavy atom. The normalized spacial score (nSPS) is 11.6. The van der Waals surface area contributed by atoms with Crippen molar-refractivity contribution >= 4 is 16.8 Å². The number of carbonyl (C=O) groups excluding carboxylic acids is 1. The largest absolute Gasteiger partial charge is 0.339 e. The Balaban J connectivity index is 1.73. The van der Waals surface area contributed by atoms with Crippen molar-refractivity contribution in [3.05, 3.63) is 107 Å². The lowest BCUT2D eigenvalue weighted by atomic mass is 9.98. The molecule has 6 heteroatoms. The lowest BCUT2D eigenvalue weighted by molar-refractivity contribution is 0.0942. The van der Waals surface area contributed by atoms with Crippen molar-refractivity contribution in [2.45, 2.75) is 12.7 Å². The quantitative estimate of drug-likeness (QED) is 0.539. The van der Waals surface area contributed by atoms with E-state index in [1.165, 1.54) is 0 Å². The summed E-state index contributed by atoms with van der Waals surface area (Å²) >= 11 is 0. The highest BCUT2D eigenvalue weighted by atomic mass is 19.1. The Bertz CT molecular complexity index is 1250. The summed E-state index contributed by atoms with van der Waals surface area (Å²) in [5.41, 5.74) is 3.18. The van der Waals surface area contributed by atoms with Crippen molar-refractivity contribution < 1.29 is 9.18 Å². The van der Waals surface area contributed by atoms with Gasteiger partial charge in [-0.1, -0.05) is 36.4 Å². The highest BCUT2D eigenvalue weighted by molar-refractivity contribution is 5.98. The van der Waals surface area contributed by atoms with E-state index in [4.69, 9.17) is 0 Å². The number of amides is 1. The number of nitrogens with one attached hydrogen (secondary N) is 1. The molecule has 4 rings (SSSR count). The van der Waals surface area contributed by atoms with Gasteiger partial charge in [-0.05, 0) is 41.5 Å². The molecule has 30 heavy (non-hydrogen) atoms. The van der Waals surface area contributed by atoms with E-state index in [0.717, 1.165) is 5.39 Å². The minimum absolute atomic E-state index is 0.323. The first kappa shape index (κ1) is 19.2. The van der Waals surface area contributed by atoms with Gasteiger partial charge in [0.05, 0.1) is 22.8 Å². The third kappa shape index (κ3) is 3.87. The molecule has 1 amide bonds. The van der Waals surface area contributed by atoms with E-state index in [2.05, 4.69) is 21.4 Å². The first-order valence-electron chi connectivity index (χ1n) is 9.35. The molecule has 0 aliphatic heterocycles. The number of nitrogens with zero attached hydrogens (tertiary/aromatic N) is 3. The molecule has 0 bridgehead atoms. The second kappa shape index (κ2) is 8.50. The van der Waals surface area contributed by atoms with Crippen molar-refractivity contribution in [1.82, 2.24) is 15.3 Å². The van der Waals surface area contributed by atoms with Gasteiger partial charge in [0.15, 0.2) is 0 Å². The Hall–Kier alpha value is -4.11. The summed E-state index contributed by atoms with van der Waals surface area (Å²) in [6.45, 7) is -0.575. The molecule has 1 atom stereocenters. The van der Waals surface area contributed by atoms with Crippen LogP contribution in [0.5, 0.6) is 0 Å². The van der Waals surface area contributed by atoms with Crippen LogP contribution in [0.2, 0.25) is 0 Å². The number of pyridine rings is 2. The fraction of sp³-hybridized carbons (Fsp3) is 0.0833. The maximum Gasteiger partial charge on any atom is 0.252 e. The predicted molar refractivity (Wildman–Crippen MR) is 111 cm³/mol. The van der Waals surface area contributed by atoms with Crippen molar-refractivity contribution in [3.63, 3.8) is 0 Å². The van der Waals surface area contributed by atoms with Crippen LogP contribution in [0, 0.1) is 11.3 Å². The fourth-order valence-electron chi connectivity index (χ4n) is 3.27. The van der Waals surface area contributed by atoms with E-state index in [1.54, 1.807) is 60.9 Å². The number of aromatic nitrogens is 2. The van der Waals surface area contributed by atoms with Crippen molar-refractivity contribution in [2.24, 2.45) is 0 Å². The average molecular weight is 396 g/mol. The number of benzene rings is 2. The molecule has 0 radical (unpaired) electrons. The molecule has 5 nitrogen and oxygen atoms in total. The van der Waals surface area contributed by atoms with Crippen LogP contribution >= 0.6 is 0 Å². The molecule has 0 aliphatic carbocycles. The molecule has 0 aliphatic rings. The second-order valence-electron chi connectivity index (χ2n) is 6.74. The number of halogens is 1. The summed E-state index contributed by atoms with van der Waals surface area (Å²) in [7, 11) is 0. The molecule has 0 fully saturated rings. The van der Waals surface area contributed by atoms with E-state index in [9.17, 15) is 14.4 Å². The van der Waals surface area contributed by atoms with Gasteiger partial charge >= 0.3 is 0 Å². The molecule has 2 aromatic carbocycles. The molecule has 146 valence electrons. The number of rotatable bonds is 5. The minimum Gasteiger partial charge on any atom is -0.339 e. The van der Waals surface area contributed by atoms with Gasteiger partial charge in [0.1, 0.15) is 12.7 Å². The Kier molecular flexibility index (Phi) is 5.44. The summed E-state index contributed by atoms with van der Waals surface area (Å²) in [6.07, 6.45) is 3.25. The second-order valence-corrected chi connectivity index (χ2v) is 6.74. The van der Waals surface area contributed by atoms with Crippen LogP contribution in [0.25, 0.3) is 10.9 Å². The van der Waals surface area contributed by atoms with E-state index >= 15 is 0 Å². The molecule has 4 aromatic rings. The van der Waals surface area contributed by atoms with Crippen LogP contribution in [-0.2, 0) is 6.67 Å². The molecular formula is C24H17FN4O. The fourth-order valence-corrected chi connectivity index (χ4v) is 3.27. The topological polar surface area (TPSA) is 78.7 Å². The van der Waals surface area contributed by atoms with Gasteiger partial charge in [-0.25, -0.2) is 4.39 Å². The number of hydrogen-bond donors (Lipinski definition) is 1. The Morgan fingerprint density at radius 3 is 2.57 bits per heavy atom. The molecule has 1 N–H and O–H groups in total. The van der Waals surface area contributed by atoms with Crippen LogP contribution in [0.3, 0.4) is 0 Å². The molecule has 0 unspecified atom stereocenters. The van der Waals surface area contributed by atoms with Crippen molar-refractivity contribution in [2.75, 3.05) is 0 Å². The first-order valence-corrected chi connectivity index (χ1v) is 9.35. The first-order chi connectivity index (χ1) is 14.7. The van der Waals surface area contributed by atoms with Crippen LogP contribution in [0.1, 0.15) is 38.8 Å². The SMILES string of the molecule is N#Cc1cccnc1[C@@H](NC(=O)c1ccc2cccnc2c1)c1ccc(CF)cc1. The summed E-state index contributed by atoms with van der Waals surface area (Å²) in [5, 5.41) is 13.4. The minimum atomic E-state index is -0.665. The number of nitriles is 1. The smallest absolute Gasteiger partial charge is 0.252 e. The van der Waals surface area contributed by atoms with E-state index in [1.807, 2.05) is 18.2 Å². The Labute approximate surface area is 172 Å². The number of fused-ring (bicyclic) bond motifs is 1. The van der Waals surface area contributed by atoms with Gasteiger partial charge in [-0.2, -0.15) is 5.26 Å². The zero-order valence-electron chi connectivity index (χ0n) is 15.9. The zero-order valence-corrected chi connectivity index (χ0v) is 15.9. The lowest BCUT2D eigenvalue weighted by Crippen LogP contribution is -2.30. The van der Waals surface area contributed by atoms with E-state index in [0.29, 0.717) is 33.5 Å². The van der Waals surface area contributed by atoms with Crippen LogP contribution < -0.4 is 5.32 Å². The van der Waals surface area contributed by atoms with E-state index < -0.39 is 12.7 Å². The summed E-state index contributed by atoms with van der Waals surface area (Å²) in [4.78, 5) is 21.7. The van der Waals surface area contributed by atoms with Gasteiger partial charge in [0.2, 0.25) is 0 Å². The molecule has 0 saturated heterocycles. The summed E-state index contributed by atoms with van der Waals surface area (Å²) in [6, 6.07) is 20.6. The lowest BCUT2D eigenvalue weighted by Gasteiger charge is -2.20. The van der Waals surface area contributed by atoms with Gasteiger partial charge < -0.3 is 5.32 Å². The van der Waals surface area contributed by atoms with Crippen LogP contribution in [-0.4, -0.2) is 15.9 Å². The number of carbonyl (C=O) groups is 1. The number of hydrogen-bond acceptors (Lipinski definition) is 4. The summed E-state index contributed by atoms with van der Waals surface area (Å²) < 4.78 is 12.9. The highest BCUT2D eigenvalue weighted by Gasteiger charge is 2.22. The third-order valence-electron chi connectivity index (χ3n) is 4.84. The van der Waals surface area contributed by atoms with E-state index in [-0.39, 0.29) is 5.91 Å². The molecule has 2 heterocycles. The standard InChI is InChI=1S/C24H17FN4O/c25-14-16-5-7-18(8-6-16)23(22-20(15-26)4-2-12-28-22)29-24(30)19-10-9-17-3-1-11-27-21(17)13-19/h1-13,23H,14H2,(H,29,30)/t23-/m0/s1. The number of alkyl halides is 1. The van der Waals surface area contributed by atoms with Crippen molar-refractivity contribution in [3.8, 4) is 6.07 Å². The molecule has 0 spiro atoms. The van der Waals surface area contributed by atoms with Gasteiger partial charge in [-0.15, -0.1) is 0 Å². The maximum absolute atomic E-state index is 13.1. The van der Waals surface area contributed by atoms with Gasteiger partial charge in [0, 0.05) is 23.3 Å².